The first-order valence-electron chi connectivity index (χ1n) is 7.37. The number of halogens is 3. The summed E-state index contributed by atoms with van der Waals surface area (Å²) in [5.41, 5.74) is -0.698. The molecule has 0 atom stereocenters. The summed E-state index contributed by atoms with van der Waals surface area (Å²) in [6.07, 6.45) is -3.22. The number of rotatable bonds is 3. The largest absolute Gasteiger partial charge is 0.454 e. The number of hydrogen-bond donors (Lipinski definition) is 1. The first-order valence-corrected chi connectivity index (χ1v) is 7.37. The molecule has 0 aromatic heterocycles. The summed E-state index contributed by atoms with van der Waals surface area (Å²) in [5.74, 6) is 0.216. The lowest BCUT2D eigenvalue weighted by Gasteiger charge is -2.09. The molecule has 26 heavy (non-hydrogen) atoms. The third-order valence-electron chi connectivity index (χ3n) is 3.52. The average Bonchev–Trinajstić information content (AvgIpc) is 3.06. The van der Waals surface area contributed by atoms with E-state index in [0.29, 0.717) is 17.1 Å². The summed E-state index contributed by atoms with van der Waals surface area (Å²) < 4.78 is 48.6. The molecule has 1 aliphatic heterocycles. The van der Waals surface area contributed by atoms with Gasteiger partial charge in [0.25, 0.3) is 5.91 Å². The Kier molecular flexibility index (Phi) is 4.54. The number of benzene rings is 2. The zero-order valence-corrected chi connectivity index (χ0v) is 13.1. The van der Waals surface area contributed by atoms with Crippen LogP contribution < -0.4 is 14.8 Å². The number of nitrogens with one attached hydrogen (secondary N) is 1. The molecule has 8 heteroatoms. The van der Waals surface area contributed by atoms with Crippen LogP contribution in [0.1, 0.15) is 11.1 Å². The van der Waals surface area contributed by atoms with Crippen molar-refractivity contribution in [1.82, 2.24) is 0 Å². The lowest BCUT2D eigenvalue weighted by atomic mass is 10.1. The van der Waals surface area contributed by atoms with Gasteiger partial charge in [-0.15, -0.1) is 0 Å². The van der Waals surface area contributed by atoms with E-state index in [0.717, 1.165) is 12.1 Å². The highest BCUT2D eigenvalue weighted by molar-refractivity contribution is 6.09. The molecule has 2 aromatic carbocycles. The van der Waals surface area contributed by atoms with Crippen molar-refractivity contribution in [3.63, 3.8) is 0 Å². The van der Waals surface area contributed by atoms with Crippen molar-refractivity contribution in [2.24, 2.45) is 0 Å². The smallest absolute Gasteiger partial charge is 0.416 e. The number of amides is 1. The first kappa shape index (κ1) is 17.4. The number of hydrogen-bond acceptors (Lipinski definition) is 4. The maximum absolute atomic E-state index is 12.7. The number of nitriles is 1. The summed E-state index contributed by atoms with van der Waals surface area (Å²) >= 11 is 0. The Morgan fingerprint density at radius 2 is 1.92 bits per heavy atom. The molecule has 1 aliphatic rings. The van der Waals surface area contributed by atoms with E-state index in [1.54, 1.807) is 24.3 Å². The summed E-state index contributed by atoms with van der Waals surface area (Å²) in [5, 5.41) is 11.5. The second-order valence-electron chi connectivity index (χ2n) is 5.32. The molecule has 0 fully saturated rings. The number of carbonyl (C=O) groups is 1. The van der Waals surface area contributed by atoms with Crippen LogP contribution in [0, 0.1) is 11.3 Å². The lowest BCUT2D eigenvalue weighted by molar-refractivity contribution is -0.137. The number of nitrogens with zero attached hydrogens (tertiary/aromatic N) is 1. The van der Waals surface area contributed by atoms with Gasteiger partial charge >= 0.3 is 6.18 Å². The van der Waals surface area contributed by atoms with Crippen LogP contribution in [0.4, 0.5) is 18.9 Å². The van der Waals surface area contributed by atoms with Gasteiger partial charge in [0.15, 0.2) is 11.5 Å². The van der Waals surface area contributed by atoms with Gasteiger partial charge in [0.1, 0.15) is 11.6 Å². The molecule has 0 radical (unpaired) electrons. The molecule has 0 saturated carbocycles. The molecule has 1 amide bonds. The van der Waals surface area contributed by atoms with Gasteiger partial charge in [-0.05, 0) is 42.0 Å². The summed E-state index contributed by atoms with van der Waals surface area (Å²) in [7, 11) is 0. The molecule has 1 heterocycles. The van der Waals surface area contributed by atoms with Crippen LogP contribution in [-0.2, 0) is 11.0 Å². The van der Waals surface area contributed by atoms with E-state index in [1.807, 2.05) is 0 Å². The normalized spacial score (nSPS) is 13.2. The van der Waals surface area contributed by atoms with Crippen molar-refractivity contribution < 1.29 is 27.4 Å². The van der Waals surface area contributed by atoms with Gasteiger partial charge in [0.2, 0.25) is 6.79 Å². The number of fused-ring (bicyclic) bond motifs is 1. The van der Waals surface area contributed by atoms with Gasteiger partial charge in [-0.3, -0.25) is 4.79 Å². The molecule has 2 aromatic rings. The summed E-state index contributed by atoms with van der Waals surface area (Å²) in [6.45, 7) is 0.0869. The summed E-state index contributed by atoms with van der Waals surface area (Å²) in [4.78, 5) is 12.2. The van der Waals surface area contributed by atoms with Crippen LogP contribution in [-0.4, -0.2) is 12.7 Å². The molecule has 0 spiro atoms. The zero-order chi connectivity index (χ0) is 18.7. The average molecular weight is 360 g/mol. The molecular weight excluding hydrogens is 349 g/mol. The quantitative estimate of drug-likeness (QED) is 0.664. The predicted octanol–water partition coefficient (Wildman–Crippen LogP) is 3.98. The van der Waals surface area contributed by atoms with Gasteiger partial charge in [-0.1, -0.05) is 12.1 Å². The first-order chi connectivity index (χ1) is 12.4. The van der Waals surface area contributed by atoms with E-state index in [9.17, 15) is 23.2 Å². The van der Waals surface area contributed by atoms with Crippen LogP contribution in [0.2, 0.25) is 0 Å². The highest BCUT2D eigenvalue weighted by Gasteiger charge is 2.30. The Labute approximate surface area is 146 Å². The summed E-state index contributed by atoms with van der Waals surface area (Å²) in [6, 6.07) is 10.8. The lowest BCUT2D eigenvalue weighted by Crippen LogP contribution is -2.14. The second-order valence-corrected chi connectivity index (χ2v) is 5.32. The third kappa shape index (κ3) is 3.78. The van der Waals surface area contributed by atoms with Gasteiger partial charge in [-0.2, -0.15) is 18.4 Å². The molecular formula is C18H11F3N2O3. The molecule has 3 rings (SSSR count). The maximum Gasteiger partial charge on any atom is 0.416 e. The fraction of sp³-hybridized carbons (Fsp3) is 0.111. The van der Waals surface area contributed by atoms with Crippen molar-refractivity contribution in [3.8, 4) is 17.6 Å². The Bertz CT molecular complexity index is 930. The monoisotopic (exact) mass is 360 g/mol. The van der Waals surface area contributed by atoms with Crippen molar-refractivity contribution in [2.75, 3.05) is 12.1 Å². The van der Waals surface area contributed by atoms with Crippen molar-refractivity contribution in [2.45, 2.75) is 6.18 Å². The van der Waals surface area contributed by atoms with E-state index in [-0.39, 0.29) is 18.1 Å². The van der Waals surface area contributed by atoms with Crippen molar-refractivity contribution in [3.05, 3.63) is 59.2 Å². The SMILES string of the molecule is N#C/C(=C\c1ccc2c(c1)OCO2)C(=O)Nc1cccc(C(F)(F)F)c1. The van der Waals surface area contributed by atoms with E-state index < -0.39 is 17.6 Å². The molecule has 0 unspecified atom stereocenters. The van der Waals surface area contributed by atoms with Gasteiger partial charge in [0, 0.05) is 5.69 Å². The van der Waals surface area contributed by atoms with Gasteiger partial charge in [-0.25, -0.2) is 0 Å². The van der Waals surface area contributed by atoms with Crippen LogP contribution >= 0.6 is 0 Å². The number of carbonyl (C=O) groups excluding carboxylic acids is 1. The van der Waals surface area contributed by atoms with Crippen LogP contribution in [0.3, 0.4) is 0 Å². The Morgan fingerprint density at radius 3 is 2.65 bits per heavy atom. The Hall–Kier alpha value is -3.47. The minimum Gasteiger partial charge on any atom is -0.454 e. The van der Waals surface area contributed by atoms with Crippen LogP contribution in [0.5, 0.6) is 11.5 Å². The minimum atomic E-state index is -4.53. The molecule has 132 valence electrons. The maximum atomic E-state index is 12.7. The molecule has 0 saturated heterocycles. The number of alkyl halides is 3. The predicted molar refractivity (Wildman–Crippen MR) is 86.2 cm³/mol. The van der Waals surface area contributed by atoms with E-state index in [1.165, 1.54) is 18.2 Å². The van der Waals surface area contributed by atoms with Gasteiger partial charge in [0.05, 0.1) is 5.56 Å². The van der Waals surface area contributed by atoms with Crippen LogP contribution in [0.25, 0.3) is 6.08 Å². The van der Waals surface area contributed by atoms with Crippen molar-refractivity contribution in [1.29, 1.82) is 5.26 Å². The number of ether oxygens (including phenoxy) is 2. The Morgan fingerprint density at radius 1 is 1.15 bits per heavy atom. The van der Waals surface area contributed by atoms with Crippen LogP contribution in [0.15, 0.2) is 48.0 Å². The van der Waals surface area contributed by atoms with Crippen molar-refractivity contribution >= 4 is 17.7 Å². The fourth-order valence-corrected chi connectivity index (χ4v) is 2.29. The third-order valence-corrected chi connectivity index (χ3v) is 3.52. The molecule has 0 bridgehead atoms. The molecule has 5 nitrogen and oxygen atoms in total. The topological polar surface area (TPSA) is 71.3 Å². The molecule has 0 aliphatic carbocycles. The zero-order valence-electron chi connectivity index (χ0n) is 13.1. The van der Waals surface area contributed by atoms with E-state index in [2.05, 4.69) is 5.32 Å². The van der Waals surface area contributed by atoms with E-state index >= 15 is 0 Å². The Balaban J connectivity index is 1.81. The second kappa shape index (κ2) is 6.80. The fourth-order valence-electron chi connectivity index (χ4n) is 2.29. The number of anilines is 1. The highest BCUT2D eigenvalue weighted by Crippen LogP contribution is 2.33. The minimum absolute atomic E-state index is 0.0586. The molecule has 1 N–H and O–H groups in total. The van der Waals surface area contributed by atoms with E-state index in [4.69, 9.17) is 9.47 Å². The highest BCUT2D eigenvalue weighted by atomic mass is 19.4. The van der Waals surface area contributed by atoms with Gasteiger partial charge < -0.3 is 14.8 Å². The standard InChI is InChI=1S/C18H11F3N2O3/c19-18(20,21)13-2-1-3-14(8-13)23-17(24)12(9-22)6-11-4-5-15-16(7-11)26-10-25-15/h1-8H,10H2,(H,23,24)/b12-6+.